The SMILES string of the molecule is Cn1cc(-c2c[c]cc(OCCNC(=O)[C@H]3CCCO3)c2)cn1. The minimum atomic E-state index is -0.294. The van der Waals surface area contributed by atoms with Gasteiger partial charge in [0.1, 0.15) is 18.5 Å². The number of rotatable bonds is 6. The standard InChI is InChI=1S/C17H20N3O3/c1-20-12-14(11-19-20)13-4-2-5-15(10-13)22-9-7-18-17(21)16-6-3-8-23-16/h4-5,10-12,16H,3,6-9H2,1H3,(H,18,21)/t16-/m1/s1. The zero-order chi connectivity index (χ0) is 16.1. The Balaban J connectivity index is 1.48. The molecule has 1 aliphatic heterocycles. The molecule has 0 saturated carbocycles. The van der Waals surface area contributed by atoms with Gasteiger partial charge in [-0.3, -0.25) is 9.48 Å². The van der Waals surface area contributed by atoms with Crippen LogP contribution in [0.25, 0.3) is 11.1 Å². The Bertz CT molecular complexity index is 663. The molecule has 1 fully saturated rings. The highest BCUT2D eigenvalue weighted by molar-refractivity contribution is 5.80. The molecule has 0 unspecified atom stereocenters. The summed E-state index contributed by atoms with van der Waals surface area (Å²) in [6.07, 6.45) is 5.20. The van der Waals surface area contributed by atoms with E-state index < -0.39 is 0 Å². The summed E-state index contributed by atoms with van der Waals surface area (Å²) in [7, 11) is 1.88. The Morgan fingerprint density at radius 1 is 1.52 bits per heavy atom. The Labute approximate surface area is 135 Å². The molecule has 0 bridgehead atoms. The molecular formula is C17H20N3O3. The number of carbonyl (C=O) groups excluding carboxylic acids is 1. The summed E-state index contributed by atoms with van der Waals surface area (Å²) in [5.41, 5.74) is 2.01. The van der Waals surface area contributed by atoms with Crippen molar-refractivity contribution in [2.45, 2.75) is 18.9 Å². The number of nitrogens with zero attached hydrogens (tertiary/aromatic N) is 2. The van der Waals surface area contributed by atoms with Crippen LogP contribution in [0.5, 0.6) is 5.75 Å². The summed E-state index contributed by atoms with van der Waals surface area (Å²) < 4.78 is 12.8. The van der Waals surface area contributed by atoms with Crippen LogP contribution in [0.3, 0.4) is 0 Å². The number of carbonyl (C=O) groups is 1. The van der Waals surface area contributed by atoms with E-state index in [-0.39, 0.29) is 12.0 Å². The van der Waals surface area contributed by atoms with Gasteiger partial charge in [0.2, 0.25) is 5.91 Å². The Morgan fingerprint density at radius 3 is 3.17 bits per heavy atom. The highest BCUT2D eigenvalue weighted by atomic mass is 16.5. The van der Waals surface area contributed by atoms with Crippen molar-refractivity contribution in [3.8, 4) is 16.9 Å². The molecule has 2 heterocycles. The maximum Gasteiger partial charge on any atom is 0.249 e. The molecule has 23 heavy (non-hydrogen) atoms. The van der Waals surface area contributed by atoms with Crippen molar-refractivity contribution in [1.82, 2.24) is 15.1 Å². The maximum atomic E-state index is 11.8. The number of aromatic nitrogens is 2. The smallest absolute Gasteiger partial charge is 0.249 e. The lowest BCUT2D eigenvalue weighted by Crippen LogP contribution is -2.36. The number of benzene rings is 1. The lowest BCUT2D eigenvalue weighted by atomic mass is 10.1. The van der Waals surface area contributed by atoms with E-state index in [0.29, 0.717) is 19.8 Å². The van der Waals surface area contributed by atoms with E-state index in [2.05, 4.69) is 16.5 Å². The molecule has 1 aromatic heterocycles. The van der Waals surface area contributed by atoms with E-state index in [1.807, 2.05) is 25.4 Å². The van der Waals surface area contributed by atoms with E-state index >= 15 is 0 Å². The summed E-state index contributed by atoms with van der Waals surface area (Å²) in [5, 5.41) is 6.99. The van der Waals surface area contributed by atoms with Crippen LogP contribution in [0.1, 0.15) is 12.8 Å². The molecule has 6 heteroatoms. The zero-order valence-corrected chi connectivity index (χ0v) is 13.1. The second-order valence-corrected chi connectivity index (χ2v) is 5.50. The molecule has 1 atom stereocenters. The number of hydrogen-bond acceptors (Lipinski definition) is 4. The minimum absolute atomic E-state index is 0.0539. The molecule has 1 amide bonds. The van der Waals surface area contributed by atoms with Gasteiger partial charge in [-0.25, -0.2) is 0 Å². The van der Waals surface area contributed by atoms with Gasteiger partial charge >= 0.3 is 0 Å². The van der Waals surface area contributed by atoms with E-state index in [4.69, 9.17) is 9.47 Å². The van der Waals surface area contributed by atoms with Gasteiger partial charge < -0.3 is 14.8 Å². The van der Waals surface area contributed by atoms with Gasteiger partial charge in [-0.05, 0) is 42.7 Å². The van der Waals surface area contributed by atoms with Crippen molar-refractivity contribution in [2.75, 3.05) is 19.8 Å². The summed E-state index contributed by atoms with van der Waals surface area (Å²) in [6, 6.07) is 8.67. The first-order valence-corrected chi connectivity index (χ1v) is 7.74. The maximum absolute atomic E-state index is 11.8. The fourth-order valence-corrected chi connectivity index (χ4v) is 2.51. The van der Waals surface area contributed by atoms with Crippen LogP contribution in [0.2, 0.25) is 0 Å². The predicted octanol–water partition coefficient (Wildman–Crippen LogP) is 1.56. The van der Waals surface area contributed by atoms with Crippen molar-refractivity contribution < 1.29 is 14.3 Å². The Hall–Kier alpha value is -2.34. The molecule has 0 aliphatic carbocycles. The van der Waals surface area contributed by atoms with E-state index in [1.165, 1.54) is 0 Å². The number of hydrogen-bond donors (Lipinski definition) is 1. The Morgan fingerprint density at radius 2 is 2.43 bits per heavy atom. The molecule has 2 aromatic rings. The van der Waals surface area contributed by atoms with Crippen LogP contribution in [-0.2, 0) is 16.6 Å². The summed E-state index contributed by atoms with van der Waals surface area (Å²) in [4.78, 5) is 11.8. The first kappa shape index (κ1) is 15.6. The van der Waals surface area contributed by atoms with Gasteiger partial charge in [-0.15, -0.1) is 0 Å². The molecule has 3 rings (SSSR count). The second-order valence-electron chi connectivity index (χ2n) is 5.50. The average Bonchev–Trinajstić information content (AvgIpc) is 3.23. The third-order valence-electron chi connectivity index (χ3n) is 3.69. The van der Waals surface area contributed by atoms with Gasteiger partial charge in [-0.2, -0.15) is 5.10 Å². The van der Waals surface area contributed by atoms with Crippen LogP contribution in [0.4, 0.5) is 0 Å². The second kappa shape index (κ2) is 7.28. The lowest BCUT2D eigenvalue weighted by Gasteiger charge is -2.11. The van der Waals surface area contributed by atoms with Gasteiger partial charge in [0.25, 0.3) is 0 Å². The van der Waals surface area contributed by atoms with Crippen LogP contribution in [0, 0.1) is 6.07 Å². The largest absolute Gasteiger partial charge is 0.492 e. The normalized spacial score (nSPS) is 17.2. The molecule has 1 N–H and O–H groups in total. The van der Waals surface area contributed by atoms with Gasteiger partial charge in [0.05, 0.1) is 12.7 Å². The van der Waals surface area contributed by atoms with Gasteiger partial charge in [-0.1, -0.05) is 0 Å². The van der Waals surface area contributed by atoms with Gasteiger partial charge in [0.15, 0.2) is 0 Å². The van der Waals surface area contributed by atoms with Crippen LogP contribution in [-0.4, -0.2) is 41.6 Å². The fourth-order valence-electron chi connectivity index (χ4n) is 2.51. The summed E-state index contributed by atoms with van der Waals surface area (Å²) in [6.45, 7) is 1.53. The van der Waals surface area contributed by atoms with E-state index in [9.17, 15) is 4.79 Å². The van der Waals surface area contributed by atoms with Crippen LogP contribution in [0.15, 0.2) is 30.6 Å². The highest BCUT2D eigenvalue weighted by Gasteiger charge is 2.22. The lowest BCUT2D eigenvalue weighted by molar-refractivity contribution is -0.130. The molecule has 1 saturated heterocycles. The number of nitrogens with one attached hydrogen (secondary N) is 1. The van der Waals surface area contributed by atoms with Crippen LogP contribution < -0.4 is 10.1 Å². The van der Waals surface area contributed by atoms with Crippen molar-refractivity contribution in [1.29, 1.82) is 0 Å². The van der Waals surface area contributed by atoms with E-state index in [1.54, 1.807) is 16.9 Å². The first-order valence-electron chi connectivity index (χ1n) is 7.74. The molecule has 1 aliphatic rings. The number of aryl methyl sites for hydroxylation is 1. The minimum Gasteiger partial charge on any atom is -0.492 e. The number of amides is 1. The van der Waals surface area contributed by atoms with E-state index in [0.717, 1.165) is 29.7 Å². The van der Waals surface area contributed by atoms with Crippen LogP contribution >= 0.6 is 0 Å². The average molecular weight is 314 g/mol. The summed E-state index contributed by atoms with van der Waals surface area (Å²) >= 11 is 0. The quantitative estimate of drug-likeness (QED) is 0.822. The molecule has 1 radical (unpaired) electrons. The van der Waals surface area contributed by atoms with Gasteiger partial charge in [0, 0.05) is 25.4 Å². The molecule has 1 aromatic carbocycles. The molecule has 6 nitrogen and oxygen atoms in total. The van der Waals surface area contributed by atoms with Crippen molar-refractivity contribution >= 4 is 5.91 Å². The van der Waals surface area contributed by atoms with Crippen molar-refractivity contribution in [3.63, 3.8) is 0 Å². The first-order chi connectivity index (χ1) is 11.2. The predicted molar refractivity (Wildman–Crippen MR) is 85.0 cm³/mol. The molecule has 0 spiro atoms. The Kier molecular flexibility index (Phi) is 4.92. The third-order valence-corrected chi connectivity index (χ3v) is 3.69. The highest BCUT2D eigenvalue weighted by Crippen LogP contribution is 2.22. The van der Waals surface area contributed by atoms with Crippen molar-refractivity contribution in [3.05, 3.63) is 36.7 Å². The zero-order valence-electron chi connectivity index (χ0n) is 13.1. The topological polar surface area (TPSA) is 65.4 Å². The summed E-state index contributed by atoms with van der Waals surface area (Å²) in [5.74, 6) is 0.666. The monoisotopic (exact) mass is 314 g/mol. The molecular weight excluding hydrogens is 294 g/mol. The fraction of sp³-hybridized carbons (Fsp3) is 0.412. The molecule has 121 valence electrons. The van der Waals surface area contributed by atoms with Crippen molar-refractivity contribution in [2.24, 2.45) is 7.05 Å². The number of ether oxygens (including phenoxy) is 2. The third kappa shape index (κ3) is 4.10.